The molecule has 8 nitrogen and oxygen atoms in total. The molecule has 183 valence electrons. The molecule has 0 N–H and O–H groups in total. The smallest absolute Gasteiger partial charge is 0.214 e. The number of rotatable bonds is 4. The van der Waals surface area contributed by atoms with Gasteiger partial charge < -0.3 is 23.8 Å². The van der Waals surface area contributed by atoms with Crippen LogP contribution in [0.15, 0.2) is 36.4 Å². The van der Waals surface area contributed by atoms with E-state index >= 15 is 0 Å². The Morgan fingerprint density at radius 1 is 0.971 bits per heavy atom. The van der Waals surface area contributed by atoms with Crippen molar-refractivity contribution in [1.29, 1.82) is 0 Å². The molecule has 0 aliphatic carbocycles. The summed E-state index contributed by atoms with van der Waals surface area (Å²) >= 11 is 0. The number of imidazole rings is 1. The van der Waals surface area contributed by atoms with Crippen LogP contribution >= 0.6 is 0 Å². The number of aromatic nitrogens is 3. The largest absolute Gasteiger partial charge is 0.481 e. The molecule has 1 aromatic carbocycles. The fourth-order valence-electron chi connectivity index (χ4n) is 5.56. The molecule has 0 saturated carbocycles. The van der Waals surface area contributed by atoms with Gasteiger partial charge in [-0.2, -0.15) is 4.98 Å². The second kappa shape index (κ2) is 9.41. The molecule has 35 heavy (non-hydrogen) atoms. The van der Waals surface area contributed by atoms with E-state index in [1.54, 1.807) is 7.11 Å². The molecule has 6 rings (SSSR count). The summed E-state index contributed by atoms with van der Waals surface area (Å²) in [6.07, 6.45) is 2.95. The van der Waals surface area contributed by atoms with Crippen LogP contribution in [0.4, 0.5) is 17.5 Å². The number of pyridine rings is 1. The van der Waals surface area contributed by atoms with Gasteiger partial charge in [-0.05, 0) is 38.0 Å². The summed E-state index contributed by atoms with van der Waals surface area (Å²) in [5, 5.41) is 4.90. The Kier molecular flexibility index (Phi) is 5.98. The number of piperidine rings is 1. The Hall–Kier alpha value is -3.26. The molecule has 3 aliphatic rings. The van der Waals surface area contributed by atoms with Gasteiger partial charge in [-0.25, -0.2) is 4.98 Å². The maximum absolute atomic E-state index is 5.66. The molecule has 0 unspecified atom stereocenters. The van der Waals surface area contributed by atoms with E-state index in [9.17, 15) is 0 Å². The highest BCUT2D eigenvalue weighted by atomic mass is 16.5. The van der Waals surface area contributed by atoms with Crippen LogP contribution < -0.4 is 19.9 Å². The molecule has 0 bridgehead atoms. The van der Waals surface area contributed by atoms with Crippen LogP contribution in [-0.4, -0.2) is 67.6 Å². The number of hydrogen-bond acceptors (Lipinski definition) is 6. The minimum absolute atomic E-state index is 0.373. The first-order valence-corrected chi connectivity index (χ1v) is 12.7. The van der Waals surface area contributed by atoms with Crippen LogP contribution in [0, 0.1) is 6.92 Å². The summed E-state index contributed by atoms with van der Waals surface area (Å²) < 4.78 is 13.6. The van der Waals surface area contributed by atoms with Crippen LogP contribution in [0.1, 0.15) is 30.1 Å². The SMILES string of the molecule is COc1cccc(N2CCC(n3c(N4CCOCC4)nc4c3-c3cc(C)ccc3[N]CC4)CC2)n1. The predicted octanol–water partition coefficient (Wildman–Crippen LogP) is 3.73. The Balaban J connectivity index is 1.38. The molecule has 2 saturated heterocycles. The first-order chi connectivity index (χ1) is 17.2. The zero-order valence-corrected chi connectivity index (χ0v) is 20.6. The summed E-state index contributed by atoms with van der Waals surface area (Å²) in [5.41, 5.74) is 6.01. The molecular formula is C27H33N6O2. The Morgan fingerprint density at radius 2 is 1.80 bits per heavy atom. The van der Waals surface area contributed by atoms with Gasteiger partial charge >= 0.3 is 0 Å². The summed E-state index contributed by atoms with van der Waals surface area (Å²) in [6, 6.07) is 13.0. The highest BCUT2D eigenvalue weighted by Crippen LogP contribution is 2.41. The molecule has 0 atom stereocenters. The minimum Gasteiger partial charge on any atom is -0.481 e. The monoisotopic (exact) mass is 473 g/mol. The van der Waals surface area contributed by atoms with E-state index < -0.39 is 0 Å². The Labute approximate surface area is 206 Å². The molecule has 8 heteroatoms. The number of fused-ring (bicyclic) bond motifs is 3. The van der Waals surface area contributed by atoms with Crippen molar-refractivity contribution in [1.82, 2.24) is 19.9 Å². The minimum atomic E-state index is 0.373. The summed E-state index contributed by atoms with van der Waals surface area (Å²) in [4.78, 5) is 14.7. The lowest BCUT2D eigenvalue weighted by molar-refractivity contribution is 0.121. The van der Waals surface area contributed by atoms with Crippen molar-refractivity contribution in [3.05, 3.63) is 47.7 Å². The first-order valence-electron chi connectivity index (χ1n) is 12.7. The molecule has 3 aliphatic heterocycles. The van der Waals surface area contributed by atoms with Crippen molar-refractivity contribution in [3.63, 3.8) is 0 Å². The lowest BCUT2D eigenvalue weighted by Gasteiger charge is -2.37. The van der Waals surface area contributed by atoms with Gasteiger partial charge in [0.05, 0.1) is 37.4 Å². The first kappa shape index (κ1) is 22.2. The van der Waals surface area contributed by atoms with Crippen LogP contribution in [0.5, 0.6) is 5.88 Å². The van der Waals surface area contributed by atoms with E-state index in [1.165, 1.54) is 22.5 Å². The van der Waals surface area contributed by atoms with E-state index in [-0.39, 0.29) is 0 Å². The van der Waals surface area contributed by atoms with Gasteiger partial charge in [-0.3, -0.25) is 5.32 Å². The summed E-state index contributed by atoms with van der Waals surface area (Å²) in [7, 11) is 1.67. The highest BCUT2D eigenvalue weighted by Gasteiger charge is 2.32. The maximum Gasteiger partial charge on any atom is 0.214 e. The number of methoxy groups -OCH3 is 1. The van der Waals surface area contributed by atoms with Gasteiger partial charge in [0, 0.05) is 56.8 Å². The second-order valence-corrected chi connectivity index (χ2v) is 9.59. The molecule has 1 radical (unpaired) electrons. The molecule has 3 aromatic rings. The highest BCUT2D eigenvalue weighted by molar-refractivity contribution is 5.78. The molecular weight excluding hydrogens is 440 g/mol. The number of ether oxygens (including phenoxy) is 2. The third kappa shape index (κ3) is 4.20. The zero-order valence-electron chi connectivity index (χ0n) is 20.6. The number of nitrogens with zero attached hydrogens (tertiary/aromatic N) is 6. The normalized spacial score (nSPS) is 18.5. The Morgan fingerprint density at radius 3 is 2.60 bits per heavy atom. The van der Waals surface area contributed by atoms with Crippen molar-refractivity contribution in [2.24, 2.45) is 0 Å². The molecule has 0 spiro atoms. The average Bonchev–Trinajstić information content (AvgIpc) is 3.20. The molecule has 0 amide bonds. The van der Waals surface area contributed by atoms with E-state index in [2.05, 4.69) is 50.5 Å². The standard InChI is InChI=1S/C27H33N6O2/c1-19-6-7-22-21(18-19)26-23(8-11-28-22)29-27(32-14-16-35-17-15-32)33(26)20-9-12-31(13-10-20)24-4-3-5-25(30-24)34-2/h3-7,18,20H,8-17H2,1-2H3. The van der Waals surface area contributed by atoms with Gasteiger partial charge in [0.25, 0.3) is 0 Å². The summed E-state index contributed by atoms with van der Waals surface area (Å²) in [6.45, 7) is 8.11. The van der Waals surface area contributed by atoms with E-state index in [4.69, 9.17) is 19.8 Å². The van der Waals surface area contributed by atoms with Gasteiger partial charge in [0.2, 0.25) is 11.8 Å². The lowest BCUT2D eigenvalue weighted by atomic mass is 10.0. The van der Waals surface area contributed by atoms with Gasteiger partial charge in [-0.1, -0.05) is 17.7 Å². The van der Waals surface area contributed by atoms with Crippen LogP contribution in [0.25, 0.3) is 11.3 Å². The van der Waals surface area contributed by atoms with Gasteiger partial charge in [0.1, 0.15) is 5.82 Å². The number of benzene rings is 1. The molecule has 5 heterocycles. The number of aryl methyl sites for hydroxylation is 1. The molecule has 2 aromatic heterocycles. The number of anilines is 2. The van der Waals surface area contributed by atoms with E-state index in [1.807, 2.05) is 12.1 Å². The Bertz CT molecular complexity index is 1190. The third-order valence-electron chi connectivity index (χ3n) is 7.37. The van der Waals surface area contributed by atoms with Crippen LogP contribution in [0.3, 0.4) is 0 Å². The van der Waals surface area contributed by atoms with Crippen LogP contribution in [0.2, 0.25) is 0 Å². The van der Waals surface area contributed by atoms with Gasteiger partial charge in [0.15, 0.2) is 0 Å². The van der Waals surface area contributed by atoms with E-state index in [0.29, 0.717) is 11.9 Å². The maximum atomic E-state index is 5.66. The number of morpholine rings is 1. The predicted molar refractivity (Wildman–Crippen MR) is 137 cm³/mol. The van der Waals surface area contributed by atoms with Crippen molar-refractivity contribution in [2.45, 2.75) is 32.2 Å². The zero-order chi connectivity index (χ0) is 23.8. The van der Waals surface area contributed by atoms with Gasteiger partial charge in [-0.15, -0.1) is 0 Å². The number of hydrogen-bond donors (Lipinski definition) is 0. The van der Waals surface area contributed by atoms with Crippen LogP contribution in [-0.2, 0) is 11.2 Å². The van der Waals surface area contributed by atoms with E-state index in [0.717, 1.165) is 82.7 Å². The topological polar surface area (TPSA) is 69.8 Å². The lowest BCUT2D eigenvalue weighted by Crippen LogP contribution is -2.40. The summed E-state index contributed by atoms with van der Waals surface area (Å²) in [5.74, 6) is 2.75. The quantitative estimate of drug-likeness (QED) is 0.575. The molecule has 2 fully saturated rings. The van der Waals surface area contributed by atoms with Crippen molar-refractivity contribution in [3.8, 4) is 17.1 Å². The fourth-order valence-corrected chi connectivity index (χ4v) is 5.56. The third-order valence-corrected chi connectivity index (χ3v) is 7.37. The van der Waals surface area contributed by atoms with Crippen molar-refractivity contribution < 1.29 is 9.47 Å². The average molecular weight is 474 g/mol. The second-order valence-electron chi connectivity index (χ2n) is 9.59. The van der Waals surface area contributed by atoms with Crippen molar-refractivity contribution in [2.75, 3.05) is 62.8 Å². The fraction of sp³-hybridized carbons (Fsp3) is 0.481. The van der Waals surface area contributed by atoms with Crippen molar-refractivity contribution >= 4 is 17.5 Å².